The zero-order valence-corrected chi connectivity index (χ0v) is 9.11. The normalized spacial score (nSPS) is 19.8. The van der Waals surface area contributed by atoms with Gasteiger partial charge < -0.3 is 4.74 Å². The lowest BCUT2D eigenvalue weighted by atomic mass is 10.1. The van der Waals surface area contributed by atoms with Crippen molar-refractivity contribution in [3.05, 3.63) is 35.9 Å². The number of ether oxygens (including phenoxy) is 1. The van der Waals surface area contributed by atoms with Gasteiger partial charge in [-0.15, -0.1) is 0 Å². The van der Waals surface area contributed by atoms with Crippen molar-refractivity contribution in [2.24, 2.45) is 0 Å². The van der Waals surface area contributed by atoms with E-state index in [-0.39, 0.29) is 5.78 Å². The Balaban J connectivity index is 1.76. The third-order valence-corrected chi connectivity index (χ3v) is 3.03. The molecule has 0 atom stereocenters. The summed E-state index contributed by atoms with van der Waals surface area (Å²) in [6.45, 7) is 0. The van der Waals surface area contributed by atoms with Crippen LogP contribution in [0.2, 0.25) is 0 Å². The molecule has 2 aliphatic carbocycles. The van der Waals surface area contributed by atoms with E-state index in [4.69, 9.17) is 4.74 Å². The summed E-state index contributed by atoms with van der Waals surface area (Å²) >= 11 is 0. The summed E-state index contributed by atoms with van der Waals surface area (Å²) in [4.78, 5) is 11.1. The van der Waals surface area contributed by atoms with E-state index in [9.17, 15) is 4.79 Å². The predicted molar refractivity (Wildman–Crippen MR) is 62.3 cm³/mol. The van der Waals surface area contributed by atoms with Gasteiger partial charge in [-0.3, -0.25) is 4.79 Å². The Kier molecular flexibility index (Phi) is 2.28. The van der Waals surface area contributed by atoms with Crippen LogP contribution in [0.25, 0.3) is 5.57 Å². The van der Waals surface area contributed by atoms with Gasteiger partial charge in [0.15, 0.2) is 5.78 Å². The molecule has 16 heavy (non-hydrogen) atoms. The maximum absolute atomic E-state index is 11.1. The molecule has 1 aromatic rings. The van der Waals surface area contributed by atoms with Gasteiger partial charge in [-0.2, -0.15) is 0 Å². The summed E-state index contributed by atoms with van der Waals surface area (Å²) in [6, 6.07) is 8.08. The lowest BCUT2D eigenvalue weighted by Gasteiger charge is -2.06. The maximum atomic E-state index is 11.1. The third kappa shape index (κ3) is 2.01. The second-order valence-corrected chi connectivity index (χ2v) is 4.48. The minimum atomic E-state index is 0.244. The van der Waals surface area contributed by atoms with E-state index >= 15 is 0 Å². The smallest absolute Gasteiger partial charge is 0.156 e. The standard InChI is InChI=1S/C14H14O2/c15-12-4-1-11(9-12)10-2-5-13(6-3-10)16-14-7-8-14/h2-3,5-6,9,14H,1,4,7-8H2. The van der Waals surface area contributed by atoms with Crippen molar-refractivity contribution < 1.29 is 9.53 Å². The van der Waals surface area contributed by atoms with Crippen LogP contribution in [0.3, 0.4) is 0 Å². The topological polar surface area (TPSA) is 26.3 Å². The van der Waals surface area contributed by atoms with Crippen LogP contribution in [-0.4, -0.2) is 11.9 Å². The molecule has 2 nitrogen and oxygen atoms in total. The zero-order valence-electron chi connectivity index (χ0n) is 9.11. The van der Waals surface area contributed by atoms with Crippen LogP contribution in [0, 0.1) is 0 Å². The van der Waals surface area contributed by atoms with E-state index in [0.29, 0.717) is 12.5 Å². The van der Waals surface area contributed by atoms with E-state index in [1.54, 1.807) is 6.08 Å². The van der Waals surface area contributed by atoms with Crippen molar-refractivity contribution in [2.45, 2.75) is 31.8 Å². The molecule has 0 aromatic heterocycles. The first-order valence-corrected chi connectivity index (χ1v) is 5.82. The number of hydrogen-bond donors (Lipinski definition) is 0. The quantitative estimate of drug-likeness (QED) is 0.773. The van der Waals surface area contributed by atoms with Gasteiger partial charge in [0.1, 0.15) is 5.75 Å². The molecular formula is C14H14O2. The van der Waals surface area contributed by atoms with Gasteiger partial charge in [-0.25, -0.2) is 0 Å². The Morgan fingerprint density at radius 3 is 2.38 bits per heavy atom. The molecule has 1 fully saturated rings. The molecule has 0 bridgehead atoms. The Bertz CT molecular complexity index is 438. The monoisotopic (exact) mass is 214 g/mol. The largest absolute Gasteiger partial charge is 0.490 e. The molecule has 0 spiro atoms. The summed E-state index contributed by atoms with van der Waals surface area (Å²) in [5.74, 6) is 1.18. The molecule has 0 aliphatic heterocycles. The van der Waals surface area contributed by atoms with Gasteiger partial charge in [-0.05, 0) is 48.6 Å². The van der Waals surface area contributed by atoms with Crippen molar-refractivity contribution in [3.8, 4) is 5.75 Å². The second-order valence-electron chi connectivity index (χ2n) is 4.48. The zero-order chi connectivity index (χ0) is 11.0. The summed E-state index contributed by atoms with van der Waals surface area (Å²) in [5.41, 5.74) is 2.30. The number of benzene rings is 1. The first-order valence-electron chi connectivity index (χ1n) is 5.82. The summed E-state index contributed by atoms with van der Waals surface area (Å²) in [6.07, 6.45) is 6.11. The lowest BCUT2D eigenvalue weighted by Crippen LogP contribution is -1.95. The molecule has 0 N–H and O–H groups in total. The number of allylic oxidation sites excluding steroid dienone is 2. The van der Waals surface area contributed by atoms with Crippen LogP contribution in [0.1, 0.15) is 31.2 Å². The van der Waals surface area contributed by atoms with Gasteiger partial charge in [0.05, 0.1) is 6.10 Å². The molecule has 0 unspecified atom stereocenters. The van der Waals surface area contributed by atoms with Crippen LogP contribution in [0.15, 0.2) is 30.3 Å². The number of rotatable bonds is 3. The number of hydrogen-bond acceptors (Lipinski definition) is 2. The molecule has 2 heteroatoms. The van der Waals surface area contributed by atoms with Crippen molar-refractivity contribution in [3.63, 3.8) is 0 Å². The van der Waals surface area contributed by atoms with Gasteiger partial charge in [-0.1, -0.05) is 12.1 Å². The third-order valence-electron chi connectivity index (χ3n) is 3.03. The van der Waals surface area contributed by atoms with Crippen LogP contribution in [-0.2, 0) is 4.79 Å². The van der Waals surface area contributed by atoms with Crippen molar-refractivity contribution in [2.75, 3.05) is 0 Å². The Morgan fingerprint density at radius 2 is 1.81 bits per heavy atom. The highest BCUT2D eigenvalue weighted by atomic mass is 16.5. The Morgan fingerprint density at radius 1 is 1.06 bits per heavy atom. The average Bonchev–Trinajstić information content (AvgIpc) is 3.00. The second kappa shape index (κ2) is 3.78. The van der Waals surface area contributed by atoms with Gasteiger partial charge in [0.2, 0.25) is 0 Å². The molecule has 0 saturated heterocycles. The highest BCUT2D eigenvalue weighted by Crippen LogP contribution is 2.30. The first-order chi connectivity index (χ1) is 7.81. The minimum absolute atomic E-state index is 0.244. The van der Waals surface area contributed by atoms with Gasteiger partial charge in [0.25, 0.3) is 0 Å². The number of carbonyl (C=O) groups is 1. The summed E-state index contributed by atoms with van der Waals surface area (Å²) < 4.78 is 5.68. The molecular weight excluding hydrogens is 200 g/mol. The van der Waals surface area contributed by atoms with Crippen molar-refractivity contribution in [1.29, 1.82) is 0 Å². The minimum Gasteiger partial charge on any atom is -0.490 e. The predicted octanol–water partition coefficient (Wildman–Crippen LogP) is 2.97. The van der Waals surface area contributed by atoms with Crippen LogP contribution in [0.5, 0.6) is 5.75 Å². The first kappa shape index (κ1) is 9.64. The summed E-state index contributed by atoms with van der Waals surface area (Å²) in [7, 11) is 0. The number of carbonyl (C=O) groups excluding carboxylic acids is 1. The van der Waals surface area contributed by atoms with E-state index in [0.717, 1.165) is 23.3 Å². The maximum Gasteiger partial charge on any atom is 0.156 e. The van der Waals surface area contributed by atoms with Crippen molar-refractivity contribution in [1.82, 2.24) is 0 Å². The SMILES string of the molecule is O=C1C=C(c2ccc(OC3CC3)cc2)CC1. The van der Waals surface area contributed by atoms with Crippen molar-refractivity contribution >= 4 is 11.4 Å². The van der Waals surface area contributed by atoms with E-state index < -0.39 is 0 Å². The molecule has 2 aliphatic rings. The summed E-state index contributed by atoms with van der Waals surface area (Å²) in [5, 5.41) is 0. The van der Waals surface area contributed by atoms with Crippen LogP contribution >= 0.6 is 0 Å². The molecule has 0 radical (unpaired) electrons. The van der Waals surface area contributed by atoms with Gasteiger partial charge in [0, 0.05) is 6.42 Å². The molecule has 1 saturated carbocycles. The van der Waals surface area contributed by atoms with E-state index in [1.807, 2.05) is 24.3 Å². The molecule has 82 valence electrons. The van der Waals surface area contributed by atoms with E-state index in [1.165, 1.54) is 12.8 Å². The highest BCUT2D eigenvalue weighted by Gasteiger charge is 2.23. The lowest BCUT2D eigenvalue weighted by molar-refractivity contribution is -0.114. The molecule has 0 amide bonds. The fraction of sp³-hybridized carbons (Fsp3) is 0.357. The Hall–Kier alpha value is -1.57. The average molecular weight is 214 g/mol. The van der Waals surface area contributed by atoms with Gasteiger partial charge >= 0.3 is 0 Å². The molecule has 3 rings (SSSR count). The highest BCUT2D eigenvalue weighted by molar-refractivity contribution is 6.01. The van der Waals surface area contributed by atoms with Crippen LogP contribution < -0.4 is 4.74 Å². The molecule has 0 heterocycles. The Labute approximate surface area is 94.9 Å². The fourth-order valence-electron chi connectivity index (χ4n) is 1.95. The van der Waals surface area contributed by atoms with Crippen LogP contribution in [0.4, 0.5) is 0 Å². The fourth-order valence-corrected chi connectivity index (χ4v) is 1.95. The number of ketones is 1. The van der Waals surface area contributed by atoms with E-state index in [2.05, 4.69) is 0 Å². The molecule has 1 aromatic carbocycles.